The van der Waals surface area contributed by atoms with Gasteiger partial charge in [-0.05, 0) is 18.2 Å². The molecule has 21 heavy (non-hydrogen) atoms. The summed E-state index contributed by atoms with van der Waals surface area (Å²) in [5, 5.41) is 4.79. The Hall–Kier alpha value is -0.920. The molecular formula is C16H22IN3O. The molecule has 2 heterocycles. The van der Waals surface area contributed by atoms with Gasteiger partial charge in [0.25, 0.3) is 0 Å². The molecule has 5 heteroatoms. The highest BCUT2D eigenvalue weighted by Gasteiger charge is 2.09. The van der Waals surface area contributed by atoms with Crippen molar-refractivity contribution in [1.29, 1.82) is 0 Å². The smallest absolute Gasteiger partial charge is 0.214 e. The molecule has 114 valence electrons. The predicted octanol–water partition coefficient (Wildman–Crippen LogP) is -1.59. The molecule has 0 atom stereocenters. The summed E-state index contributed by atoms with van der Waals surface area (Å²) >= 11 is 0. The lowest BCUT2D eigenvalue weighted by Crippen LogP contribution is -3.00. The van der Waals surface area contributed by atoms with Crippen molar-refractivity contribution in [2.45, 2.75) is 0 Å². The summed E-state index contributed by atoms with van der Waals surface area (Å²) in [4.78, 5) is 2.44. The number of hydrogen-bond acceptors (Lipinski definition) is 3. The Balaban J connectivity index is 0.00000161. The quantitative estimate of drug-likeness (QED) is 0.497. The summed E-state index contributed by atoms with van der Waals surface area (Å²) in [7, 11) is 2.08. The van der Waals surface area contributed by atoms with Gasteiger partial charge in [0.05, 0.1) is 13.2 Å². The first-order chi connectivity index (χ1) is 9.83. The first-order valence-electron chi connectivity index (χ1n) is 7.25. The fourth-order valence-corrected chi connectivity index (χ4v) is 2.64. The Morgan fingerprint density at radius 3 is 2.86 bits per heavy atom. The van der Waals surface area contributed by atoms with E-state index in [2.05, 4.69) is 58.4 Å². The normalized spacial score (nSPS) is 15.7. The maximum absolute atomic E-state index is 5.36. The standard InChI is InChI=1S/C16H21N3O.HI/c1-18-7-2-3-14-4-5-15(13-16(14)18)17-6-8-19-9-11-20-12-10-19;/h2-5,7,13H,6,8-12H2,1H3;1H. The van der Waals surface area contributed by atoms with Crippen molar-refractivity contribution in [1.82, 2.24) is 4.90 Å². The Morgan fingerprint density at radius 1 is 1.24 bits per heavy atom. The van der Waals surface area contributed by atoms with E-state index in [-0.39, 0.29) is 24.0 Å². The molecule has 1 N–H and O–H groups in total. The van der Waals surface area contributed by atoms with Crippen LogP contribution in [0, 0.1) is 0 Å². The van der Waals surface area contributed by atoms with E-state index in [4.69, 9.17) is 4.74 Å². The molecule has 0 spiro atoms. The molecule has 1 saturated heterocycles. The number of rotatable bonds is 4. The van der Waals surface area contributed by atoms with E-state index in [1.165, 1.54) is 16.6 Å². The maximum Gasteiger partial charge on any atom is 0.214 e. The number of pyridine rings is 1. The number of hydrogen-bond donors (Lipinski definition) is 1. The van der Waals surface area contributed by atoms with Gasteiger partial charge in [0.1, 0.15) is 7.05 Å². The van der Waals surface area contributed by atoms with Gasteiger partial charge >= 0.3 is 0 Å². The molecule has 0 radical (unpaired) electrons. The Bertz CT molecular complexity index is 585. The number of nitrogens with zero attached hydrogens (tertiary/aromatic N) is 2. The van der Waals surface area contributed by atoms with Gasteiger partial charge in [-0.1, -0.05) is 0 Å². The number of anilines is 1. The van der Waals surface area contributed by atoms with Crippen molar-refractivity contribution in [2.75, 3.05) is 44.7 Å². The molecule has 3 rings (SSSR count). The minimum atomic E-state index is 0. The van der Waals surface area contributed by atoms with E-state index in [0.29, 0.717) is 0 Å². The molecule has 0 aliphatic carbocycles. The van der Waals surface area contributed by atoms with Crippen molar-refractivity contribution in [3.8, 4) is 0 Å². The minimum absolute atomic E-state index is 0. The van der Waals surface area contributed by atoms with E-state index >= 15 is 0 Å². The summed E-state index contributed by atoms with van der Waals surface area (Å²) in [6.07, 6.45) is 2.08. The van der Waals surface area contributed by atoms with Crippen LogP contribution < -0.4 is 33.9 Å². The Labute approximate surface area is 143 Å². The molecule has 0 unspecified atom stereocenters. The van der Waals surface area contributed by atoms with Crippen molar-refractivity contribution in [3.63, 3.8) is 0 Å². The number of ether oxygens (including phenoxy) is 1. The zero-order valence-electron chi connectivity index (χ0n) is 12.4. The number of benzene rings is 1. The van der Waals surface area contributed by atoms with E-state index < -0.39 is 0 Å². The van der Waals surface area contributed by atoms with Gasteiger partial charge in [-0.3, -0.25) is 4.90 Å². The van der Waals surface area contributed by atoms with E-state index in [9.17, 15) is 0 Å². The number of morpholine rings is 1. The zero-order valence-corrected chi connectivity index (χ0v) is 14.5. The van der Waals surface area contributed by atoms with Crippen LogP contribution in [0.5, 0.6) is 0 Å². The second kappa shape index (κ2) is 7.91. The van der Waals surface area contributed by atoms with Crippen molar-refractivity contribution >= 4 is 16.6 Å². The number of aromatic nitrogens is 1. The van der Waals surface area contributed by atoms with Crippen LogP contribution in [0.1, 0.15) is 0 Å². The first kappa shape index (κ1) is 16.5. The van der Waals surface area contributed by atoms with Crippen LogP contribution >= 0.6 is 0 Å². The largest absolute Gasteiger partial charge is 1.00 e. The van der Waals surface area contributed by atoms with Gasteiger partial charge in [0, 0.05) is 49.4 Å². The molecule has 1 aliphatic heterocycles. The van der Waals surface area contributed by atoms with Gasteiger partial charge in [-0.25, -0.2) is 4.57 Å². The number of halogens is 1. The van der Waals surface area contributed by atoms with E-state index in [1.807, 2.05) is 0 Å². The zero-order chi connectivity index (χ0) is 13.8. The van der Waals surface area contributed by atoms with E-state index in [0.717, 1.165) is 39.4 Å². The van der Waals surface area contributed by atoms with Gasteiger partial charge in [0.2, 0.25) is 5.52 Å². The van der Waals surface area contributed by atoms with Crippen LogP contribution in [-0.4, -0.2) is 44.3 Å². The van der Waals surface area contributed by atoms with Gasteiger partial charge in [-0.2, -0.15) is 0 Å². The molecular weight excluding hydrogens is 377 g/mol. The Morgan fingerprint density at radius 2 is 2.05 bits per heavy atom. The maximum atomic E-state index is 5.36. The molecule has 2 aromatic rings. The lowest BCUT2D eigenvalue weighted by molar-refractivity contribution is -0.644. The van der Waals surface area contributed by atoms with Crippen LogP contribution in [0.4, 0.5) is 5.69 Å². The highest BCUT2D eigenvalue weighted by atomic mass is 127. The average Bonchev–Trinajstić information content (AvgIpc) is 2.49. The number of fused-ring (bicyclic) bond motifs is 1. The highest BCUT2D eigenvalue weighted by molar-refractivity contribution is 5.79. The summed E-state index contributed by atoms with van der Waals surface area (Å²) in [6, 6.07) is 10.8. The third-order valence-corrected chi connectivity index (χ3v) is 3.86. The molecule has 0 saturated carbocycles. The fraction of sp³-hybridized carbons (Fsp3) is 0.438. The summed E-state index contributed by atoms with van der Waals surface area (Å²) < 4.78 is 7.52. The highest BCUT2D eigenvalue weighted by Crippen LogP contribution is 2.15. The lowest BCUT2D eigenvalue weighted by atomic mass is 10.2. The molecule has 4 nitrogen and oxygen atoms in total. The van der Waals surface area contributed by atoms with Crippen LogP contribution in [0.15, 0.2) is 36.5 Å². The third kappa shape index (κ3) is 4.28. The summed E-state index contributed by atoms with van der Waals surface area (Å²) in [5.74, 6) is 0. The van der Waals surface area contributed by atoms with Crippen LogP contribution in [0.3, 0.4) is 0 Å². The lowest BCUT2D eigenvalue weighted by Gasteiger charge is -2.26. The SMILES string of the molecule is C[n+]1cccc2ccc(NCCN3CCOCC3)cc21.[I-]. The number of nitrogens with one attached hydrogen (secondary N) is 1. The average molecular weight is 399 g/mol. The predicted molar refractivity (Wildman–Crippen MR) is 80.9 cm³/mol. The third-order valence-electron chi connectivity index (χ3n) is 3.86. The molecule has 0 amide bonds. The second-order valence-corrected chi connectivity index (χ2v) is 5.27. The number of aryl methyl sites for hydroxylation is 1. The molecule has 1 aromatic heterocycles. The second-order valence-electron chi connectivity index (χ2n) is 5.27. The van der Waals surface area contributed by atoms with Crippen molar-refractivity contribution in [3.05, 3.63) is 36.5 Å². The topological polar surface area (TPSA) is 28.4 Å². The monoisotopic (exact) mass is 399 g/mol. The molecule has 1 aliphatic rings. The van der Waals surface area contributed by atoms with Crippen molar-refractivity contribution in [2.24, 2.45) is 7.05 Å². The molecule has 0 bridgehead atoms. The van der Waals surface area contributed by atoms with Crippen molar-refractivity contribution < 1.29 is 33.3 Å². The fourth-order valence-electron chi connectivity index (χ4n) is 2.64. The van der Waals surface area contributed by atoms with Gasteiger partial charge in [0.15, 0.2) is 6.20 Å². The first-order valence-corrected chi connectivity index (χ1v) is 7.25. The molecule has 1 fully saturated rings. The van der Waals surface area contributed by atoms with Crippen LogP contribution in [0.2, 0.25) is 0 Å². The van der Waals surface area contributed by atoms with Gasteiger partial charge < -0.3 is 34.0 Å². The summed E-state index contributed by atoms with van der Waals surface area (Å²) in [6.45, 7) is 5.88. The minimum Gasteiger partial charge on any atom is -1.00 e. The van der Waals surface area contributed by atoms with Crippen LogP contribution in [-0.2, 0) is 11.8 Å². The Kier molecular flexibility index (Phi) is 6.20. The summed E-state index contributed by atoms with van der Waals surface area (Å²) in [5.41, 5.74) is 2.44. The van der Waals surface area contributed by atoms with Crippen LogP contribution in [0.25, 0.3) is 10.9 Å². The van der Waals surface area contributed by atoms with E-state index in [1.54, 1.807) is 0 Å². The van der Waals surface area contributed by atoms with Gasteiger partial charge in [-0.15, -0.1) is 0 Å². The molecule has 1 aromatic carbocycles.